The van der Waals surface area contributed by atoms with E-state index in [4.69, 9.17) is 5.26 Å². The molecule has 68 valence electrons. The second-order valence-corrected chi connectivity index (χ2v) is 4.99. The molecule has 0 saturated carbocycles. The van der Waals surface area contributed by atoms with Crippen molar-refractivity contribution in [2.75, 3.05) is 0 Å². The molecule has 1 nitrogen and oxygen atoms in total. The fourth-order valence-corrected chi connectivity index (χ4v) is 1.65. The summed E-state index contributed by atoms with van der Waals surface area (Å²) in [5.74, 6) is 0.904. The van der Waals surface area contributed by atoms with Gasteiger partial charge < -0.3 is 0 Å². The fraction of sp³-hybridized carbons (Fsp3) is 0.364. The molecule has 0 amide bonds. The van der Waals surface area contributed by atoms with Crippen LogP contribution in [0.4, 0.5) is 0 Å². The molecule has 0 unspecified atom stereocenters. The number of rotatable bonds is 3. The van der Waals surface area contributed by atoms with Gasteiger partial charge in [0.25, 0.3) is 0 Å². The Morgan fingerprint density at radius 2 is 1.92 bits per heavy atom. The van der Waals surface area contributed by atoms with Gasteiger partial charge >= 0.3 is 0 Å². The number of nitriles is 1. The average Bonchev–Trinajstić information content (AvgIpc) is 2.17. The van der Waals surface area contributed by atoms with E-state index in [-0.39, 0.29) is 4.75 Å². The third kappa shape index (κ3) is 3.52. The summed E-state index contributed by atoms with van der Waals surface area (Å²) in [7, 11) is 0. The standard InChI is InChI=1S/C11H13NS/c1-11(2,9-12)13-8-10-6-4-3-5-7-10/h3-7H,8H2,1-2H3. The minimum atomic E-state index is -0.282. The normalized spacial score (nSPS) is 10.8. The zero-order valence-corrected chi connectivity index (χ0v) is 8.77. The topological polar surface area (TPSA) is 23.8 Å². The van der Waals surface area contributed by atoms with Crippen LogP contribution in [0.3, 0.4) is 0 Å². The van der Waals surface area contributed by atoms with E-state index in [1.165, 1.54) is 5.56 Å². The Kier molecular flexibility index (Phi) is 3.39. The predicted octanol–water partition coefficient (Wildman–Crippen LogP) is 3.22. The van der Waals surface area contributed by atoms with Crippen molar-refractivity contribution in [3.05, 3.63) is 35.9 Å². The first-order valence-electron chi connectivity index (χ1n) is 4.23. The molecule has 0 aliphatic heterocycles. The summed E-state index contributed by atoms with van der Waals surface area (Å²) >= 11 is 1.67. The molecule has 0 atom stereocenters. The molecule has 0 radical (unpaired) electrons. The lowest BCUT2D eigenvalue weighted by Gasteiger charge is -2.13. The highest BCUT2D eigenvalue weighted by atomic mass is 32.2. The lowest BCUT2D eigenvalue weighted by Crippen LogP contribution is -2.10. The Bertz CT molecular complexity index is 298. The Morgan fingerprint density at radius 1 is 1.31 bits per heavy atom. The molecule has 0 spiro atoms. The van der Waals surface area contributed by atoms with Crippen LogP contribution in [0.2, 0.25) is 0 Å². The summed E-state index contributed by atoms with van der Waals surface area (Å²) < 4.78 is -0.282. The molecule has 1 aromatic rings. The van der Waals surface area contributed by atoms with Gasteiger partial charge in [-0.2, -0.15) is 5.26 Å². The first-order chi connectivity index (χ1) is 6.14. The van der Waals surface area contributed by atoms with Crippen LogP contribution < -0.4 is 0 Å². The molecule has 13 heavy (non-hydrogen) atoms. The SMILES string of the molecule is CC(C)(C#N)SCc1ccccc1. The predicted molar refractivity (Wildman–Crippen MR) is 57.4 cm³/mol. The van der Waals surface area contributed by atoms with Gasteiger partial charge in [-0.05, 0) is 19.4 Å². The van der Waals surface area contributed by atoms with Gasteiger partial charge in [-0.3, -0.25) is 0 Å². The van der Waals surface area contributed by atoms with E-state index in [0.29, 0.717) is 0 Å². The molecular formula is C11H13NS. The van der Waals surface area contributed by atoms with Crippen molar-refractivity contribution < 1.29 is 0 Å². The van der Waals surface area contributed by atoms with Crippen LogP contribution in [-0.4, -0.2) is 4.75 Å². The molecule has 0 aliphatic rings. The fourth-order valence-electron chi connectivity index (χ4n) is 0.870. The summed E-state index contributed by atoms with van der Waals surface area (Å²) in [6.45, 7) is 3.89. The second kappa shape index (κ2) is 4.34. The summed E-state index contributed by atoms with van der Waals surface area (Å²) in [5.41, 5.74) is 1.27. The highest BCUT2D eigenvalue weighted by Gasteiger charge is 2.16. The van der Waals surface area contributed by atoms with Gasteiger partial charge in [0, 0.05) is 5.75 Å². The van der Waals surface area contributed by atoms with E-state index >= 15 is 0 Å². The zero-order chi connectivity index (χ0) is 9.73. The van der Waals surface area contributed by atoms with Crippen molar-refractivity contribution in [3.8, 4) is 6.07 Å². The lowest BCUT2D eigenvalue weighted by molar-refractivity contribution is 0.912. The quantitative estimate of drug-likeness (QED) is 0.732. The van der Waals surface area contributed by atoms with Gasteiger partial charge in [0.05, 0.1) is 10.8 Å². The number of benzene rings is 1. The summed E-state index contributed by atoms with van der Waals surface area (Å²) in [6.07, 6.45) is 0. The Labute approximate surface area is 83.8 Å². The maximum Gasteiger partial charge on any atom is 0.0970 e. The van der Waals surface area contributed by atoms with Crippen LogP contribution in [-0.2, 0) is 5.75 Å². The molecule has 0 aromatic heterocycles. The third-order valence-corrected chi connectivity index (χ3v) is 3.00. The number of nitrogens with zero attached hydrogens (tertiary/aromatic N) is 1. The van der Waals surface area contributed by atoms with Crippen molar-refractivity contribution in [2.45, 2.75) is 24.3 Å². The molecule has 1 rings (SSSR count). The van der Waals surface area contributed by atoms with Gasteiger partial charge in [0.1, 0.15) is 0 Å². The lowest BCUT2D eigenvalue weighted by atomic mass is 10.2. The van der Waals surface area contributed by atoms with Gasteiger partial charge in [0.15, 0.2) is 0 Å². The van der Waals surface area contributed by atoms with Crippen LogP contribution in [0.5, 0.6) is 0 Å². The Hall–Kier alpha value is -0.940. The average molecular weight is 191 g/mol. The summed E-state index contributed by atoms with van der Waals surface area (Å²) in [6, 6.07) is 12.5. The van der Waals surface area contributed by atoms with Crippen molar-refractivity contribution in [1.82, 2.24) is 0 Å². The van der Waals surface area contributed by atoms with E-state index in [9.17, 15) is 0 Å². The van der Waals surface area contributed by atoms with E-state index in [2.05, 4.69) is 18.2 Å². The zero-order valence-electron chi connectivity index (χ0n) is 7.95. The molecular weight excluding hydrogens is 178 g/mol. The summed E-state index contributed by atoms with van der Waals surface area (Å²) in [5, 5.41) is 8.80. The van der Waals surface area contributed by atoms with Crippen LogP contribution in [0.25, 0.3) is 0 Å². The van der Waals surface area contributed by atoms with Crippen molar-refractivity contribution >= 4 is 11.8 Å². The monoisotopic (exact) mass is 191 g/mol. The smallest absolute Gasteiger partial charge is 0.0970 e. The Morgan fingerprint density at radius 3 is 2.46 bits per heavy atom. The largest absolute Gasteiger partial charge is 0.197 e. The van der Waals surface area contributed by atoms with Gasteiger partial charge in [-0.1, -0.05) is 30.3 Å². The molecule has 1 aromatic carbocycles. The molecule has 0 heterocycles. The summed E-state index contributed by atoms with van der Waals surface area (Å²) in [4.78, 5) is 0. The van der Waals surface area contributed by atoms with Crippen LogP contribution in [0.15, 0.2) is 30.3 Å². The van der Waals surface area contributed by atoms with E-state index in [1.807, 2.05) is 32.0 Å². The van der Waals surface area contributed by atoms with Crippen LogP contribution in [0.1, 0.15) is 19.4 Å². The molecule has 0 saturated heterocycles. The first-order valence-corrected chi connectivity index (χ1v) is 5.22. The maximum absolute atomic E-state index is 8.80. The number of hydrogen-bond donors (Lipinski definition) is 0. The van der Waals surface area contributed by atoms with Crippen molar-refractivity contribution in [2.24, 2.45) is 0 Å². The highest BCUT2D eigenvalue weighted by Crippen LogP contribution is 2.26. The van der Waals surface area contributed by atoms with Gasteiger partial charge in [-0.25, -0.2) is 0 Å². The molecule has 0 fully saturated rings. The molecule has 0 N–H and O–H groups in total. The number of thioether (sulfide) groups is 1. The minimum Gasteiger partial charge on any atom is -0.197 e. The van der Waals surface area contributed by atoms with Crippen LogP contribution >= 0.6 is 11.8 Å². The Balaban J connectivity index is 2.50. The van der Waals surface area contributed by atoms with Crippen molar-refractivity contribution in [3.63, 3.8) is 0 Å². The highest BCUT2D eigenvalue weighted by molar-refractivity contribution is 8.00. The van der Waals surface area contributed by atoms with E-state index in [0.717, 1.165) is 5.75 Å². The molecule has 0 aliphatic carbocycles. The van der Waals surface area contributed by atoms with E-state index in [1.54, 1.807) is 11.8 Å². The molecule has 2 heteroatoms. The minimum absolute atomic E-state index is 0.282. The van der Waals surface area contributed by atoms with Gasteiger partial charge in [0.2, 0.25) is 0 Å². The first kappa shape index (κ1) is 10.1. The van der Waals surface area contributed by atoms with E-state index < -0.39 is 0 Å². The second-order valence-electron chi connectivity index (χ2n) is 3.40. The van der Waals surface area contributed by atoms with Crippen LogP contribution in [0, 0.1) is 11.3 Å². The molecule has 0 bridgehead atoms. The third-order valence-electron chi connectivity index (χ3n) is 1.71. The number of hydrogen-bond acceptors (Lipinski definition) is 2. The maximum atomic E-state index is 8.80. The van der Waals surface area contributed by atoms with Crippen molar-refractivity contribution in [1.29, 1.82) is 5.26 Å². The van der Waals surface area contributed by atoms with Gasteiger partial charge in [-0.15, -0.1) is 11.8 Å².